The Kier molecular flexibility index (Phi) is 2.61. The van der Waals surface area contributed by atoms with Gasteiger partial charge in [-0.1, -0.05) is 6.08 Å². The number of imidazole rings is 1. The molecule has 14 heavy (non-hydrogen) atoms. The molecule has 0 aromatic carbocycles. The third kappa shape index (κ3) is 1.83. The van der Waals surface area contributed by atoms with E-state index in [1.807, 2.05) is 24.7 Å². The van der Waals surface area contributed by atoms with E-state index in [-0.39, 0.29) is 5.38 Å². The molecule has 1 aliphatic rings. The van der Waals surface area contributed by atoms with Crippen molar-refractivity contribution in [1.82, 2.24) is 14.9 Å². The Morgan fingerprint density at radius 2 is 2.43 bits per heavy atom. The Morgan fingerprint density at radius 1 is 1.64 bits per heavy atom. The topological polar surface area (TPSA) is 29.9 Å². The van der Waals surface area contributed by atoms with Gasteiger partial charge in [0.15, 0.2) is 0 Å². The van der Waals surface area contributed by atoms with Crippen LogP contribution in [0.5, 0.6) is 0 Å². The molecule has 2 rings (SSSR count). The van der Waals surface area contributed by atoms with Crippen molar-refractivity contribution in [2.24, 2.45) is 7.05 Å². The summed E-state index contributed by atoms with van der Waals surface area (Å²) in [6, 6.07) is 0. The SMILES string of the molecule is Cc1nc(C2=CC(Cl)CNC2)cn1C. The molecule has 1 unspecified atom stereocenters. The summed E-state index contributed by atoms with van der Waals surface area (Å²) in [7, 11) is 2.00. The molecule has 0 spiro atoms. The lowest BCUT2D eigenvalue weighted by atomic mass is 10.1. The second-order valence-corrected chi connectivity index (χ2v) is 4.18. The zero-order valence-electron chi connectivity index (χ0n) is 8.42. The maximum atomic E-state index is 6.03. The maximum Gasteiger partial charge on any atom is 0.105 e. The highest BCUT2D eigenvalue weighted by Gasteiger charge is 2.14. The third-order valence-corrected chi connectivity index (χ3v) is 2.75. The summed E-state index contributed by atoms with van der Waals surface area (Å²) in [6.07, 6.45) is 4.12. The fraction of sp³-hybridized carbons (Fsp3) is 0.500. The molecule has 1 aromatic heterocycles. The third-order valence-electron chi connectivity index (χ3n) is 2.47. The minimum atomic E-state index is 0.0843. The number of hydrogen-bond acceptors (Lipinski definition) is 2. The van der Waals surface area contributed by atoms with Gasteiger partial charge in [-0.2, -0.15) is 0 Å². The highest BCUT2D eigenvalue weighted by Crippen LogP contribution is 2.17. The van der Waals surface area contributed by atoms with Crippen LogP contribution in [-0.2, 0) is 7.05 Å². The first kappa shape index (κ1) is 9.74. The average molecular weight is 212 g/mol. The van der Waals surface area contributed by atoms with E-state index in [1.54, 1.807) is 0 Å². The van der Waals surface area contributed by atoms with E-state index < -0.39 is 0 Å². The van der Waals surface area contributed by atoms with Crippen molar-refractivity contribution in [3.05, 3.63) is 23.8 Å². The number of alkyl halides is 1. The molecule has 0 aliphatic carbocycles. The summed E-state index contributed by atoms with van der Waals surface area (Å²) >= 11 is 6.03. The lowest BCUT2D eigenvalue weighted by Crippen LogP contribution is -2.29. The van der Waals surface area contributed by atoms with Gasteiger partial charge in [-0.15, -0.1) is 11.6 Å². The quantitative estimate of drug-likeness (QED) is 0.711. The zero-order valence-corrected chi connectivity index (χ0v) is 9.17. The van der Waals surface area contributed by atoms with Crippen LogP contribution >= 0.6 is 11.6 Å². The Labute approximate surface area is 88.8 Å². The van der Waals surface area contributed by atoms with E-state index in [4.69, 9.17) is 11.6 Å². The zero-order chi connectivity index (χ0) is 10.1. The van der Waals surface area contributed by atoms with Gasteiger partial charge < -0.3 is 9.88 Å². The molecule has 4 heteroatoms. The monoisotopic (exact) mass is 211 g/mol. The first-order valence-corrected chi connectivity index (χ1v) is 5.16. The largest absolute Gasteiger partial charge is 0.338 e. The van der Waals surface area contributed by atoms with E-state index in [1.165, 1.54) is 5.57 Å². The van der Waals surface area contributed by atoms with Gasteiger partial charge in [-0.05, 0) is 12.5 Å². The molecular formula is C10H14ClN3. The highest BCUT2D eigenvalue weighted by molar-refractivity contribution is 6.22. The summed E-state index contributed by atoms with van der Waals surface area (Å²) in [6.45, 7) is 3.70. The Bertz CT molecular complexity index is 348. The first-order chi connectivity index (χ1) is 6.66. The molecule has 0 amide bonds. The van der Waals surface area contributed by atoms with Crippen molar-refractivity contribution in [1.29, 1.82) is 0 Å². The maximum absolute atomic E-state index is 6.03. The Morgan fingerprint density at radius 3 is 3.00 bits per heavy atom. The molecule has 1 atom stereocenters. The molecule has 76 valence electrons. The fourth-order valence-electron chi connectivity index (χ4n) is 1.57. The van der Waals surface area contributed by atoms with E-state index in [2.05, 4.69) is 16.4 Å². The molecular weight excluding hydrogens is 198 g/mol. The van der Waals surface area contributed by atoms with E-state index in [0.29, 0.717) is 0 Å². The standard InChI is InChI=1S/C10H14ClN3/c1-7-13-10(6-14(7)2)8-3-9(11)5-12-4-8/h3,6,9,12H,4-5H2,1-2H3. The van der Waals surface area contributed by atoms with Crippen LogP contribution in [-0.4, -0.2) is 28.0 Å². The second kappa shape index (κ2) is 3.75. The van der Waals surface area contributed by atoms with Gasteiger partial charge in [-0.25, -0.2) is 4.98 Å². The van der Waals surface area contributed by atoms with Crippen molar-refractivity contribution < 1.29 is 0 Å². The summed E-state index contributed by atoms with van der Waals surface area (Å²) < 4.78 is 2.02. The molecule has 3 nitrogen and oxygen atoms in total. The molecule has 1 aliphatic heterocycles. The van der Waals surface area contributed by atoms with Gasteiger partial charge in [0.2, 0.25) is 0 Å². The van der Waals surface area contributed by atoms with Crippen LogP contribution in [0.4, 0.5) is 0 Å². The van der Waals surface area contributed by atoms with E-state index in [0.717, 1.165) is 24.6 Å². The van der Waals surface area contributed by atoms with Gasteiger partial charge in [0.25, 0.3) is 0 Å². The molecule has 0 saturated heterocycles. The molecule has 1 aromatic rings. The van der Waals surface area contributed by atoms with Gasteiger partial charge in [0, 0.05) is 26.3 Å². The van der Waals surface area contributed by atoms with Crippen molar-refractivity contribution >= 4 is 17.2 Å². The number of nitrogens with one attached hydrogen (secondary N) is 1. The highest BCUT2D eigenvalue weighted by atomic mass is 35.5. The summed E-state index contributed by atoms with van der Waals surface area (Å²) in [5, 5.41) is 3.35. The van der Waals surface area contributed by atoms with Crippen molar-refractivity contribution in [3.63, 3.8) is 0 Å². The van der Waals surface area contributed by atoms with E-state index in [9.17, 15) is 0 Å². The number of aryl methyl sites for hydroxylation is 2. The molecule has 0 bridgehead atoms. The van der Waals surface area contributed by atoms with Crippen molar-refractivity contribution in [2.45, 2.75) is 12.3 Å². The van der Waals surface area contributed by atoms with Gasteiger partial charge >= 0.3 is 0 Å². The smallest absolute Gasteiger partial charge is 0.105 e. The fourth-order valence-corrected chi connectivity index (χ4v) is 1.83. The van der Waals surface area contributed by atoms with Crippen LogP contribution in [0.15, 0.2) is 12.3 Å². The van der Waals surface area contributed by atoms with Gasteiger partial charge in [0.05, 0.1) is 11.1 Å². The molecule has 0 fully saturated rings. The van der Waals surface area contributed by atoms with Crippen LogP contribution in [0, 0.1) is 6.92 Å². The minimum absolute atomic E-state index is 0.0843. The van der Waals surface area contributed by atoms with Gasteiger partial charge in [-0.3, -0.25) is 0 Å². The molecule has 0 saturated carbocycles. The number of halogens is 1. The Hall–Kier alpha value is -0.800. The van der Waals surface area contributed by atoms with Crippen molar-refractivity contribution in [2.75, 3.05) is 13.1 Å². The Balaban J connectivity index is 2.30. The van der Waals surface area contributed by atoms with Crippen LogP contribution in [0.2, 0.25) is 0 Å². The van der Waals surface area contributed by atoms with Crippen LogP contribution < -0.4 is 5.32 Å². The summed E-state index contributed by atoms with van der Waals surface area (Å²) in [4.78, 5) is 4.46. The van der Waals surface area contributed by atoms with Crippen LogP contribution in [0.25, 0.3) is 5.57 Å². The summed E-state index contributed by atoms with van der Waals surface area (Å²) in [5.41, 5.74) is 2.22. The van der Waals surface area contributed by atoms with Crippen molar-refractivity contribution in [3.8, 4) is 0 Å². The number of nitrogens with zero attached hydrogens (tertiary/aromatic N) is 2. The molecule has 0 radical (unpaired) electrons. The lowest BCUT2D eigenvalue weighted by molar-refractivity contribution is 0.742. The predicted octanol–water partition coefficient (Wildman–Crippen LogP) is 1.32. The number of rotatable bonds is 1. The van der Waals surface area contributed by atoms with Crippen LogP contribution in [0.1, 0.15) is 11.5 Å². The second-order valence-electron chi connectivity index (χ2n) is 3.62. The summed E-state index contributed by atoms with van der Waals surface area (Å²) in [5.74, 6) is 1.03. The molecule has 2 heterocycles. The number of aromatic nitrogens is 2. The van der Waals surface area contributed by atoms with E-state index >= 15 is 0 Å². The number of hydrogen-bond donors (Lipinski definition) is 1. The minimum Gasteiger partial charge on any atom is -0.338 e. The predicted molar refractivity (Wildman–Crippen MR) is 58.4 cm³/mol. The van der Waals surface area contributed by atoms with Gasteiger partial charge in [0.1, 0.15) is 5.82 Å². The lowest BCUT2D eigenvalue weighted by Gasteiger charge is -2.16. The first-order valence-electron chi connectivity index (χ1n) is 4.72. The van der Waals surface area contributed by atoms with Crippen LogP contribution in [0.3, 0.4) is 0 Å². The average Bonchev–Trinajstić information content (AvgIpc) is 2.47. The molecule has 1 N–H and O–H groups in total. The normalized spacial score (nSPS) is 22.2.